The number of rotatable bonds is 3. The Balaban J connectivity index is 1.38. The first kappa shape index (κ1) is 15.6. The first-order chi connectivity index (χ1) is 11.5. The van der Waals surface area contributed by atoms with Crippen molar-refractivity contribution in [2.75, 3.05) is 36.0 Å². The largest absolute Gasteiger partial charge is 0.417 e. The highest BCUT2D eigenvalue weighted by molar-refractivity contribution is 7.09. The molecule has 0 radical (unpaired) electrons. The van der Waals surface area contributed by atoms with E-state index in [0.717, 1.165) is 36.3 Å². The van der Waals surface area contributed by atoms with Crippen molar-refractivity contribution in [1.82, 2.24) is 14.3 Å². The lowest BCUT2D eigenvalue weighted by molar-refractivity contribution is -0.137. The van der Waals surface area contributed by atoms with Crippen molar-refractivity contribution >= 4 is 22.5 Å². The van der Waals surface area contributed by atoms with E-state index < -0.39 is 11.7 Å². The maximum atomic E-state index is 12.6. The van der Waals surface area contributed by atoms with Crippen LogP contribution in [-0.4, -0.2) is 40.5 Å². The van der Waals surface area contributed by atoms with Gasteiger partial charge in [0.05, 0.1) is 5.56 Å². The molecule has 24 heavy (non-hydrogen) atoms. The molecule has 0 amide bonds. The maximum Gasteiger partial charge on any atom is 0.417 e. The van der Waals surface area contributed by atoms with E-state index in [9.17, 15) is 13.2 Å². The molecule has 2 fully saturated rings. The summed E-state index contributed by atoms with van der Waals surface area (Å²) in [5.74, 6) is 2.09. The molecule has 1 saturated heterocycles. The molecule has 1 aliphatic carbocycles. The van der Waals surface area contributed by atoms with Gasteiger partial charge in [0.25, 0.3) is 0 Å². The van der Waals surface area contributed by atoms with Gasteiger partial charge in [-0.3, -0.25) is 0 Å². The van der Waals surface area contributed by atoms with Gasteiger partial charge in [0.1, 0.15) is 11.6 Å². The SMILES string of the molecule is FC(F)(F)c1ccc(N2CCN(c3nc(C4CC4)ns3)CC2)nc1. The van der Waals surface area contributed by atoms with Gasteiger partial charge >= 0.3 is 6.18 Å². The van der Waals surface area contributed by atoms with E-state index in [1.807, 2.05) is 4.90 Å². The highest BCUT2D eigenvalue weighted by Crippen LogP contribution is 2.39. The van der Waals surface area contributed by atoms with E-state index in [4.69, 9.17) is 0 Å². The van der Waals surface area contributed by atoms with E-state index in [1.54, 1.807) is 0 Å². The fourth-order valence-corrected chi connectivity index (χ4v) is 3.53. The zero-order valence-electron chi connectivity index (χ0n) is 12.8. The minimum Gasteiger partial charge on any atom is -0.353 e. The van der Waals surface area contributed by atoms with Crippen LogP contribution in [0.25, 0.3) is 0 Å². The van der Waals surface area contributed by atoms with Gasteiger partial charge in [-0.2, -0.15) is 17.5 Å². The lowest BCUT2D eigenvalue weighted by Gasteiger charge is -2.35. The molecular weight excluding hydrogens is 339 g/mol. The number of halogens is 3. The van der Waals surface area contributed by atoms with Gasteiger partial charge in [0.2, 0.25) is 5.13 Å². The van der Waals surface area contributed by atoms with Crippen LogP contribution < -0.4 is 9.80 Å². The zero-order chi connectivity index (χ0) is 16.7. The fourth-order valence-electron chi connectivity index (χ4n) is 2.73. The molecule has 2 aromatic rings. The number of hydrogen-bond donors (Lipinski definition) is 0. The standard InChI is InChI=1S/C15H16F3N5S/c16-15(17,18)11-3-4-12(19-9-11)22-5-7-23(8-6-22)14-20-13(21-24-14)10-1-2-10/h3-4,9-10H,1-2,5-8H2. The van der Waals surface area contributed by atoms with Crippen LogP contribution in [0.4, 0.5) is 24.1 Å². The summed E-state index contributed by atoms with van der Waals surface area (Å²) in [6, 6.07) is 2.52. The van der Waals surface area contributed by atoms with Gasteiger partial charge in [-0.25, -0.2) is 9.97 Å². The van der Waals surface area contributed by atoms with Gasteiger partial charge in [0.15, 0.2) is 0 Å². The highest BCUT2D eigenvalue weighted by Gasteiger charge is 2.31. The van der Waals surface area contributed by atoms with Gasteiger partial charge in [-0.05, 0) is 25.0 Å². The summed E-state index contributed by atoms with van der Waals surface area (Å²) >= 11 is 1.43. The van der Waals surface area contributed by atoms with E-state index >= 15 is 0 Å². The molecule has 0 aromatic carbocycles. The predicted octanol–water partition coefficient (Wildman–Crippen LogP) is 3.16. The van der Waals surface area contributed by atoms with Crippen LogP contribution >= 0.6 is 11.5 Å². The molecule has 0 bridgehead atoms. The molecule has 5 nitrogen and oxygen atoms in total. The number of hydrogen-bond acceptors (Lipinski definition) is 6. The Morgan fingerprint density at radius 1 is 1.04 bits per heavy atom. The van der Waals surface area contributed by atoms with E-state index in [1.165, 1.54) is 30.4 Å². The second kappa shape index (κ2) is 5.87. The molecule has 0 N–H and O–H groups in total. The van der Waals surface area contributed by atoms with Crippen LogP contribution in [0.1, 0.15) is 30.1 Å². The number of pyridine rings is 1. The Labute approximate surface area is 141 Å². The normalized spacial score (nSPS) is 19.0. The van der Waals surface area contributed by atoms with Crippen molar-refractivity contribution in [2.45, 2.75) is 24.9 Å². The highest BCUT2D eigenvalue weighted by atomic mass is 32.1. The lowest BCUT2D eigenvalue weighted by Crippen LogP contribution is -2.46. The zero-order valence-corrected chi connectivity index (χ0v) is 13.6. The van der Waals surface area contributed by atoms with Gasteiger partial charge in [-0.15, -0.1) is 0 Å². The van der Waals surface area contributed by atoms with E-state index in [2.05, 4.69) is 19.2 Å². The Morgan fingerprint density at radius 3 is 2.33 bits per heavy atom. The Kier molecular flexibility index (Phi) is 3.82. The smallest absolute Gasteiger partial charge is 0.353 e. The number of nitrogens with zero attached hydrogens (tertiary/aromatic N) is 5. The van der Waals surface area contributed by atoms with Crippen LogP contribution in [0, 0.1) is 0 Å². The minimum atomic E-state index is -4.35. The summed E-state index contributed by atoms with van der Waals surface area (Å²) in [7, 11) is 0. The molecular formula is C15H16F3N5S. The van der Waals surface area contributed by atoms with Crippen LogP contribution in [0.15, 0.2) is 18.3 Å². The first-order valence-electron chi connectivity index (χ1n) is 7.87. The molecule has 2 aliphatic rings. The van der Waals surface area contributed by atoms with Gasteiger partial charge in [0, 0.05) is 49.8 Å². The molecule has 3 heterocycles. The molecule has 2 aromatic heterocycles. The van der Waals surface area contributed by atoms with Crippen molar-refractivity contribution < 1.29 is 13.2 Å². The van der Waals surface area contributed by atoms with Gasteiger partial charge < -0.3 is 9.80 Å². The Hall–Kier alpha value is -1.90. The number of alkyl halides is 3. The number of piperazine rings is 1. The topological polar surface area (TPSA) is 45.2 Å². The predicted molar refractivity (Wildman–Crippen MR) is 85.5 cm³/mol. The van der Waals surface area contributed by atoms with E-state index in [0.29, 0.717) is 24.8 Å². The monoisotopic (exact) mass is 355 g/mol. The van der Waals surface area contributed by atoms with Crippen molar-refractivity contribution in [3.63, 3.8) is 0 Å². The van der Waals surface area contributed by atoms with Crippen molar-refractivity contribution in [3.05, 3.63) is 29.7 Å². The second-order valence-electron chi connectivity index (χ2n) is 6.09. The van der Waals surface area contributed by atoms with Crippen LogP contribution in [0.2, 0.25) is 0 Å². The van der Waals surface area contributed by atoms with Crippen LogP contribution in [0.3, 0.4) is 0 Å². The maximum absolute atomic E-state index is 12.6. The average molecular weight is 355 g/mol. The van der Waals surface area contributed by atoms with Crippen LogP contribution in [-0.2, 0) is 6.18 Å². The van der Waals surface area contributed by atoms with E-state index in [-0.39, 0.29) is 0 Å². The Bertz CT molecular complexity index is 703. The molecule has 0 unspecified atom stereocenters. The van der Waals surface area contributed by atoms with Gasteiger partial charge in [-0.1, -0.05) is 0 Å². The molecule has 4 rings (SSSR count). The third-order valence-electron chi connectivity index (χ3n) is 4.32. The summed E-state index contributed by atoms with van der Waals surface area (Å²) in [6.07, 6.45) is -1.08. The van der Waals surface area contributed by atoms with Crippen molar-refractivity contribution in [2.24, 2.45) is 0 Å². The molecule has 128 valence electrons. The molecule has 1 aliphatic heterocycles. The number of aromatic nitrogens is 3. The molecule has 9 heteroatoms. The quantitative estimate of drug-likeness (QED) is 0.846. The number of anilines is 2. The lowest BCUT2D eigenvalue weighted by atomic mass is 10.2. The minimum absolute atomic E-state index is 0.549. The molecule has 1 saturated carbocycles. The fraction of sp³-hybridized carbons (Fsp3) is 0.533. The second-order valence-corrected chi connectivity index (χ2v) is 6.82. The molecule has 0 atom stereocenters. The first-order valence-corrected chi connectivity index (χ1v) is 8.65. The average Bonchev–Trinajstić information content (AvgIpc) is 3.32. The summed E-state index contributed by atoms with van der Waals surface area (Å²) in [4.78, 5) is 12.8. The van der Waals surface area contributed by atoms with Crippen molar-refractivity contribution in [3.8, 4) is 0 Å². The summed E-state index contributed by atoms with van der Waals surface area (Å²) < 4.78 is 42.2. The molecule has 0 spiro atoms. The third-order valence-corrected chi connectivity index (χ3v) is 5.11. The van der Waals surface area contributed by atoms with Crippen LogP contribution in [0.5, 0.6) is 0 Å². The summed E-state index contributed by atoms with van der Waals surface area (Å²) in [6.45, 7) is 2.94. The third kappa shape index (κ3) is 3.17. The summed E-state index contributed by atoms with van der Waals surface area (Å²) in [5, 5.41) is 0.942. The Morgan fingerprint density at radius 2 is 1.75 bits per heavy atom. The van der Waals surface area contributed by atoms with Crippen molar-refractivity contribution in [1.29, 1.82) is 0 Å². The summed E-state index contributed by atoms with van der Waals surface area (Å²) in [5.41, 5.74) is -0.716.